The van der Waals surface area contributed by atoms with E-state index in [0.29, 0.717) is 24.0 Å². The van der Waals surface area contributed by atoms with Crippen molar-refractivity contribution in [3.63, 3.8) is 0 Å². The smallest absolute Gasteiger partial charge is 0.239 e. The lowest BCUT2D eigenvalue weighted by Gasteiger charge is -2.22. The van der Waals surface area contributed by atoms with Crippen LogP contribution in [0.4, 0.5) is 0 Å². The summed E-state index contributed by atoms with van der Waals surface area (Å²) in [5, 5.41) is 9.35. The molecule has 1 saturated heterocycles. The van der Waals surface area contributed by atoms with Gasteiger partial charge in [-0.25, -0.2) is 0 Å². The van der Waals surface area contributed by atoms with Crippen molar-refractivity contribution in [3.8, 4) is 0 Å². The number of hydrogen-bond donors (Lipinski definition) is 3. The molecule has 0 spiro atoms. The Morgan fingerprint density at radius 1 is 1.29 bits per heavy atom. The Kier molecular flexibility index (Phi) is 6.95. The van der Waals surface area contributed by atoms with Crippen molar-refractivity contribution < 1.29 is 4.79 Å². The highest BCUT2D eigenvalue weighted by Crippen LogP contribution is 2.18. The summed E-state index contributed by atoms with van der Waals surface area (Å²) in [6.07, 6.45) is 0. The number of rotatable bonds is 5. The average Bonchev–Trinajstić information content (AvgIpc) is 2.75. The molecule has 1 fully saturated rings. The molecule has 2 atom stereocenters. The zero-order valence-electron chi connectivity index (χ0n) is 14.2. The maximum absolute atomic E-state index is 11.7. The van der Waals surface area contributed by atoms with Crippen LogP contribution in [0.1, 0.15) is 34.6 Å². The van der Waals surface area contributed by atoms with Crippen molar-refractivity contribution >= 4 is 11.9 Å². The van der Waals surface area contributed by atoms with Gasteiger partial charge in [0.15, 0.2) is 5.96 Å². The summed E-state index contributed by atoms with van der Waals surface area (Å²) in [6, 6.07) is 1.08. The predicted octanol–water partition coefficient (Wildman–Crippen LogP) is 0.405. The molecule has 21 heavy (non-hydrogen) atoms. The van der Waals surface area contributed by atoms with Gasteiger partial charge in [0.25, 0.3) is 0 Å². The van der Waals surface area contributed by atoms with Gasteiger partial charge in [-0.2, -0.15) is 0 Å². The fraction of sp³-hybridized carbons (Fsp3) is 0.867. The molecular formula is C15H31N5O. The molecule has 1 aliphatic heterocycles. The third-order valence-electron chi connectivity index (χ3n) is 3.78. The van der Waals surface area contributed by atoms with E-state index in [9.17, 15) is 4.79 Å². The molecule has 1 rings (SSSR count). The molecule has 0 aromatic heterocycles. The summed E-state index contributed by atoms with van der Waals surface area (Å²) < 4.78 is 0. The molecule has 0 aliphatic carbocycles. The van der Waals surface area contributed by atoms with Crippen LogP contribution < -0.4 is 16.0 Å². The number of hydrogen-bond acceptors (Lipinski definition) is 3. The molecule has 6 heteroatoms. The van der Waals surface area contributed by atoms with E-state index in [1.54, 1.807) is 7.05 Å². The lowest BCUT2D eigenvalue weighted by atomic mass is 10.1. The van der Waals surface area contributed by atoms with Crippen LogP contribution in [0.3, 0.4) is 0 Å². The normalized spacial score (nSPS) is 23.7. The first-order valence-electron chi connectivity index (χ1n) is 7.84. The van der Waals surface area contributed by atoms with Crippen molar-refractivity contribution in [2.45, 2.75) is 52.7 Å². The number of carbonyl (C=O) groups excluding carboxylic acids is 1. The van der Waals surface area contributed by atoms with E-state index >= 15 is 0 Å². The fourth-order valence-corrected chi connectivity index (χ4v) is 2.52. The molecule has 0 aromatic rings. The highest BCUT2D eigenvalue weighted by molar-refractivity contribution is 5.86. The van der Waals surface area contributed by atoms with Crippen molar-refractivity contribution in [1.29, 1.82) is 0 Å². The number of likely N-dealkylation sites (tertiary alicyclic amines) is 1. The standard InChI is InChI=1S/C15H31N5O/c1-10(2)18-14(21)7-17-15(16-6)19-13-9-20(11(3)4)8-12(13)5/h10-13H,7-9H2,1-6H3,(H,18,21)(H2,16,17,19). The first-order chi connectivity index (χ1) is 9.83. The molecular weight excluding hydrogens is 266 g/mol. The van der Waals surface area contributed by atoms with E-state index < -0.39 is 0 Å². The number of nitrogens with one attached hydrogen (secondary N) is 3. The number of aliphatic imine (C=N–C) groups is 1. The van der Waals surface area contributed by atoms with Gasteiger partial charge in [0.2, 0.25) is 5.91 Å². The summed E-state index contributed by atoms with van der Waals surface area (Å²) in [5.74, 6) is 1.24. The van der Waals surface area contributed by atoms with E-state index in [2.05, 4.69) is 46.6 Å². The van der Waals surface area contributed by atoms with Gasteiger partial charge < -0.3 is 16.0 Å². The zero-order chi connectivity index (χ0) is 16.0. The molecule has 6 nitrogen and oxygen atoms in total. The average molecular weight is 297 g/mol. The quantitative estimate of drug-likeness (QED) is 0.508. The third kappa shape index (κ3) is 5.91. The molecule has 0 bridgehead atoms. The first kappa shape index (κ1) is 17.8. The van der Waals surface area contributed by atoms with Gasteiger partial charge in [-0.1, -0.05) is 6.92 Å². The van der Waals surface area contributed by atoms with Gasteiger partial charge in [0.1, 0.15) is 0 Å². The van der Waals surface area contributed by atoms with Crippen LogP contribution in [0.25, 0.3) is 0 Å². The van der Waals surface area contributed by atoms with Crippen molar-refractivity contribution in [2.75, 3.05) is 26.7 Å². The van der Waals surface area contributed by atoms with Gasteiger partial charge in [-0.3, -0.25) is 14.7 Å². The Balaban J connectivity index is 2.43. The van der Waals surface area contributed by atoms with Crippen molar-refractivity contribution in [3.05, 3.63) is 0 Å². The van der Waals surface area contributed by atoms with Crippen LogP contribution >= 0.6 is 0 Å². The summed E-state index contributed by atoms with van der Waals surface area (Å²) >= 11 is 0. The topological polar surface area (TPSA) is 68.8 Å². The second kappa shape index (κ2) is 8.22. The monoisotopic (exact) mass is 297 g/mol. The maximum atomic E-state index is 11.7. The molecule has 122 valence electrons. The Hall–Kier alpha value is -1.30. The molecule has 0 radical (unpaired) electrons. The largest absolute Gasteiger partial charge is 0.352 e. The Morgan fingerprint density at radius 3 is 2.43 bits per heavy atom. The zero-order valence-corrected chi connectivity index (χ0v) is 14.2. The molecule has 1 aliphatic rings. The van der Waals surface area contributed by atoms with Crippen LogP contribution in [0, 0.1) is 5.92 Å². The lowest BCUT2D eigenvalue weighted by Crippen LogP contribution is -2.49. The minimum absolute atomic E-state index is 0.0174. The second-order valence-electron chi connectivity index (χ2n) is 6.42. The van der Waals surface area contributed by atoms with E-state index in [-0.39, 0.29) is 18.5 Å². The van der Waals surface area contributed by atoms with Gasteiger partial charge in [-0.05, 0) is 33.6 Å². The molecule has 2 unspecified atom stereocenters. The van der Waals surface area contributed by atoms with Crippen LogP contribution in [0.5, 0.6) is 0 Å². The molecule has 3 N–H and O–H groups in total. The highest BCUT2D eigenvalue weighted by Gasteiger charge is 2.31. The lowest BCUT2D eigenvalue weighted by molar-refractivity contribution is -0.120. The van der Waals surface area contributed by atoms with Crippen molar-refractivity contribution in [1.82, 2.24) is 20.9 Å². The fourth-order valence-electron chi connectivity index (χ4n) is 2.52. The van der Waals surface area contributed by atoms with E-state index in [4.69, 9.17) is 0 Å². The van der Waals surface area contributed by atoms with E-state index in [1.165, 1.54) is 0 Å². The second-order valence-corrected chi connectivity index (χ2v) is 6.42. The highest BCUT2D eigenvalue weighted by atomic mass is 16.1. The SMILES string of the molecule is CN=C(NCC(=O)NC(C)C)NC1CN(C(C)C)CC1C. The Labute approximate surface area is 128 Å². The van der Waals surface area contributed by atoms with Gasteiger partial charge >= 0.3 is 0 Å². The molecule has 0 aromatic carbocycles. The number of guanidine groups is 1. The number of nitrogens with zero attached hydrogens (tertiary/aromatic N) is 2. The minimum atomic E-state index is -0.0174. The summed E-state index contributed by atoms with van der Waals surface area (Å²) in [6.45, 7) is 12.9. The predicted molar refractivity (Wildman–Crippen MR) is 87.4 cm³/mol. The first-order valence-corrected chi connectivity index (χ1v) is 7.84. The van der Waals surface area contributed by atoms with Crippen molar-refractivity contribution in [2.24, 2.45) is 10.9 Å². The Bertz CT molecular complexity index is 367. The summed E-state index contributed by atoms with van der Waals surface area (Å²) in [5.41, 5.74) is 0. The van der Waals surface area contributed by atoms with E-state index in [0.717, 1.165) is 13.1 Å². The van der Waals surface area contributed by atoms with Gasteiger partial charge in [0.05, 0.1) is 6.54 Å². The molecule has 0 saturated carbocycles. The van der Waals surface area contributed by atoms with Crippen LogP contribution in [-0.4, -0.2) is 61.6 Å². The minimum Gasteiger partial charge on any atom is -0.352 e. The number of carbonyl (C=O) groups is 1. The summed E-state index contributed by atoms with van der Waals surface area (Å²) in [7, 11) is 1.73. The van der Waals surface area contributed by atoms with Crippen LogP contribution in [0.15, 0.2) is 4.99 Å². The van der Waals surface area contributed by atoms with Gasteiger partial charge in [-0.15, -0.1) is 0 Å². The third-order valence-corrected chi connectivity index (χ3v) is 3.78. The van der Waals surface area contributed by atoms with E-state index in [1.807, 2.05) is 13.8 Å². The summed E-state index contributed by atoms with van der Waals surface area (Å²) in [4.78, 5) is 18.3. The molecule has 1 amide bonds. The Morgan fingerprint density at radius 2 is 1.95 bits per heavy atom. The molecule has 1 heterocycles. The van der Waals surface area contributed by atoms with Crippen LogP contribution in [0.2, 0.25) is 0 Å². The maximum Gasteiger partial charge on any atom is 0.239 e. The van der Waals surface area contributed by atoms with Crippen LogP contribution in [-0.2, 0) is 4.79 Å². The number of amides is 1. The van der Waals surface area contributed by atoms with Gasteiger partial charge in [0, 0.05) is 38.3 Å².